The molecule has 1 N–H and O–H groups in total. The van der Waals surface area contributed by atoms with Crippen molar-refractivity contribution in [1.29, 1.82) is 0 Å². The largest absolute Gasteiger partial charge is 0.504 e. The fraction of sp³-hybridized carbons (Fsp3) is 0.467. The van der Waals surface area contributed by atoms with Gasteiger partial charge in [0.2, 0.25) is 5.78 Å². The molecule has 3 heteroatoms. The maximum absolute atomic E-state index is 12.1. The molecular formula is C15H18O3. The van der Waals surface area contributed by atoms with E-state index in [1.165, 1.54) is 6.08 Å². The third-order valence-electron chi connectivity index (χ3n) is 3.82. The van der Waals surface area contributed by atoms with Crippen LogP contribution in [-0.2, 0) is 9.59 Å². The number of carbonyl (C=O) groups is 2. The summed E-state index contributed by atoms with van der Waals surface area (Å²) in [5.41, 5.74) is 1.64. The number of hydrogen-bond acceptors (Lipinski definition) is 3. The average Bonchev–Trinajstić information content (AvgIpc) is 2.24. The van der Waals surface area contributed by atoms with Gasteiger partial charge in [-0.2, -0.15) is 0 Å². The second kappa shape index (κ2) is 3.94. The van der Waals surface area contributed by atoms with E-state index in [1.807, 2.05) is 26.8 Å². The second-order valence-electron chi connectivity index (χ2n) is 5.67. The highest BCUT2D eigenvalue weighted by Crippen LogP contribution is 2.45. The molecule has 1 unspecified atom stereocenters. The second-order valence-corrected chi connectivity index (χ2v) is 5.67. The highest BCUT2D eigenvalue weighted by Gasteiger charge is 2.40. The lowest BCUT2D eigenvalue weighted by Crippen LogP contribution is -2.33. The molecule has 0 saturated heterocycles. The Balaban J connectivity index is 2.63. The molecule has 0 saturated carbocycles. The van der Waals surface area contributed by atoms with Gasteiger partial charge in [0.25, 0.3) is 0 Å². The number of carbonyl (C=O) groups excluding carboxylic acids is 2. The van der Waals surface area contributed by atoms with E-state index >= 15 is 0 Å². The molecule has 0 aromatic carbocycles. The van der Waals surface area contributed by atoms with E-state index in [1.54, 1.807) is 6.92 Å². The van der Waals surface area contributed by atoms with Gasteiger partial charge >= 0.3 is 0 Å². The molecule has 0 aliphatic heterocycles. The van der Waals surface area contributed by atoms with Crippen molar-refractivity contribution in [3.05, 3.63) is 34.6 Å². The first-order chi connectivity index (χ1) is 8.26. The minimum atomic E-state index is -0.544. The van der Waals surface area contributed by atoms with Crippen LogP contribution < -0.4 is 0 Å². The van der Waals surface area contributed by atoms with Crippen molar-refractivity contribution >= 4 is 11.6 Å². The zero-order chi connectivity index (χ0) is 13.7. The Bertz CT molecular complexity index is 532. The summed E-state index contributed by atoms with van der Waals surface area (Å²) in [6.07, 6.45) is 3.68. The summed E-state index contributed by atoms with van der Waals surface area (Å²) in [4.78, 5) is 23.9. The average molecular weight is 246 g/mol. The highest BCUT2D eigenvalue weighted by atomic mass is 16.3. The first-order valence-electron chi connectivity index (χ1n) is 6.19. The van der Waals surface area contributed by atoms with Crippen molar-refractivity contribution in [2.24, 2.45) is 11.3 Å². The summed E-state index contributed by atoms with van der Waals surface area (Å²) in [6, 6.07) is 0. The molecule has 0 heterocycles. The minimum absolute atomic E-state index is 0.0995. The van der Waals surface area contributed by atoms with Crippen LogP contribution in [0.2, 0.25) is 0 Å². The molecule has 0 fully saturated rings. The number of Topliss-reactive ketones (excluding diaryl/α,β-unsaturated/α-hetero) is 2. The molecule has 1 atom stereocenters. The highest BCUT2D eigenvalue weighted by molar-refractivity contribution is 6.10. The van der Waals surface area contributed by atoms with Gasteiger partial charge in [-0.3, -0.25) is 9.59 Å². The lowest BCUT2D eigenvalue weighted by Gasteiger charge is -2.36. The van der Waals surface area contributed by atoms with Gasteiger partial charge in [0.1, 0.15) is 0 Å². The summed E-state index contributed by atoms with van der Waals surface area (Å²) < 4.78 is 0. The van der Waals surface area contributed by atoms with Crippen molar-refractivity contribution in [3.8, 4) is 0 Å². The molecule has 0 radical (unpaired) electrons. The van der Waals surface area contributed by atoms with E-state index in [0.717, 1.165) is 11.1 Å². The van der Waals surface area contributed by atoms with Crippen molar-refractivity contribution in [2.45, 2.75) is 34.1 Å². The lowest BCUT2D eigenvalue weighted by molar-refractivity contribution is -0.118. The van der Waals surface area contributed by atoms with Gasteiger partial charge in [0, 0.05) is 17.4 Å². The summed E-state index contributed by atoms with van der Waals surface area (Å²) >= 11 is 0. The van der Waals surface area contributed by atoms with Crippen molar-refractivity contribution in [2.75, 3.05) is 0 Å². The molecular weight excluding hydrogens is 228 g/mol. The Hall–Kier alpha value is -1.64. The molecule has 3 nitrogen and oxygen atoms in total. The minimum Gasteiger partial charge on any atom is -0.504 e. The fourth-order valence-corrected chi connectivity index (χ4v) is 2.77. The normalized spacial score (nSPS) is 28.3. The Morgan fingerprint density at radius 1 is 1.33 bits per heavy atom. The Morgan fingerprint density at radius 3 is 2.50 bits per heavy atom. The van der Waals surface area contributed by atoms with Gasteiger partial charge in [0.15, 0.2) is 11.5 Å². The van der Waals surface area contributed by atoms with Gasteiger partial charge in [-0.1, -0.05) is 26.8 Å². The van der Waals surface area contributed by atoms with Gasteiger partial charge in [0.05, 0.1) is 0 Å². The van der Waals surface area contributed by atoms with Gasteiger partial charge < -0.3 is 5.11 Å². The third-order valence-corrected chi connectivity index (χ3v) is 3.82. The fourth-order valence-electron chi connectivity index (χ4n) is 2.77. The Kier molecular flexibility index (Phi) is 2.80. The SMILES string of the molecule is CC1=C2C=C(C(C)C)C(=O)CC2(C)C=C(O)C1=O. The van der Waals surface area contributed by atoms with E-state index in [2.05, 4.69) is 0 Å². The van der Waals surface area contributed by atoms with Crippen LogP contribution in [0.1, 0.15) is 34.1 Å². The number of allylic oxidation sites excluding steroid dienone is 5. The maximum atomic E-state index is 12.1. The van der Waals surface area contributed by atoms with Crippen molar-refractivity contribution in [3.63, 3.8) is 0 Å². The molecule has 2 aliphatic carbocycles. The molecule has 96 valence electrons. The van der Waals surface area contributed by atoms with Crippen LogP contribution >= 0.6 is 0 Å². The van der Waals surface area contributed by atoms with Crippen molar-refractivity contribution < 1.29 is 14.7 Å². The summed E-state index contributed by atoms with van der Waals surface area (Å²) in [5, 5.41) is 9.66. The van der Waals surface area contributed by atoms with Gasteiger partial charge in [-0.05, 0) is 30.1 Å². The van der Waals surface area contributed by atoms with E-state index in [4.69, 9.17) is 0 Å². The molecule has 0 spiro atoms. The molecule has 0 aromatic rings. The van der Waals surface area contributed by atoms with E-state index in [9.17, 15) is 14.7 Å². The van der Waals surface area contributed by atoms with Gasteiger partial charge in [-0.15, -0.1) is 0 Å². The monoisotopic (exact) mass is 246 g/mol. The van der Waals surface area contributed by atoms with Crippen LogP contribution in [0, 0.1) is 11.3 Å². The number of ketones is 2. The standard InChI is InChI=1S/C15H18O3/c1-8(2)10-5-11-9(3)14(18)13(17)7-15(11,4)6-12(10)16/h5,7-8,17H,6H2,1-4H3. The zero-order valence-electron chi connectivity index (χ0n) is 11.2. The molecule has 2 aliphatic rings. The smallest absolute Gasteiger partial charge is 0.222 e. The van der Waals surface area contributed by atoms with Crippen molar-refractivity contribution in [1.82, 2.24) is 0 Å². The predicted molar refractivity (Wildman–Crippen MR) is 69.1 cm³/mol. The molecule has 2 rings (SSSR count). The third kappa shape index (κ3) is 1.74. The maximum Gasteiger partial charge on any atom is 0.222 e. The topological polar surface area (TPSA) is 54.4 Å². The summed E-state index contributed by atoms with van der Waals surface area (Å²) in [5.74, 6) is -0.330. The quantitative estimate of drug-likeness (QED) is 0.774. The van der Waals surface area contributed by atoms with E-state index < -0.39 is 5.41 Å². The Morgan fingerprint density at radius 2 is 1.94 bits per heavy atom. The first-order valence-corrected chi connectivity index (χ1v) is 6.19. The van der Waals surface area contributed by atoms with Crippen LogP contribution in [0.4, 0.5) is 0 Å². The van der Waals surface area contributed by atoms with Crippen LogP contribution in [-0.4, -0.2) is 16.7 Å². The Labute approximate surface area is 107 Å². The number of fused-ring (bicyclic) bond motifs is 1. The lowest BCUT2D eigenvalue weighted by atomic mass is 9.66. The molecule has 0 amide bonds. The van der Waals surface area contributed by atoms with Crippen LogP contribution in [0.25, 0.3) is 0 Å². The van der Waals surface area contributed by atoms with E-state index in [-0.39, 0.29) is 23.2 Å². The first kappa shape index (κ1) is 12.8. The number of aliphatic hydroxyl groups excluding tert-OH is 1. The predicted octanol–water partition coefficient (Wildman–Crippen LogP) is 2.89. The number of rotatable bonds is 1. The zero-order valence-corrected chi connectivity index (χ0v) is 11.2. The summed E-state index contributed by atoms with van der Waals surface area (Å²) in [6.45, 7) is 7.55. The van der Waals surface area contributed by atoms with Crippen LogP contribution in [0.15, 0.2) is 34.6 Å². The molecule has 0 bridgehead atoms. The number of aliphatic hydroxyl groups is 1. The van der Waals surface area contributed by atoms with Crippen LogP contribution in [0.5, 0.6) is 0 Å². The summed E-state index contributed by atoms with van der Waals surface area (Å²) in [7, 11) is 0. The molecule has 0 aromatic heterocycles. The van der Waals surface area contributed by atoms with Crippen LogP contribution in [0.3, 0.4) is 0 Å². The van der Waals surface area contributed by atoms with E-state index in [0.29, 0.717) is 12.0 Å². The number of hydrogen-bond donors (Lipinski definition) is 1. The molecule has 18 heavy (non-hydrogen) atoms. The van der Waals surface area contributed by atoms with Gasteiger partial charge in [-0.25, -0.2) is 0 Å².